The topological polar surface area (TPSA) is 29.5 Å². The van der Waals surface area contributed by atoms with E-state index in [0.29, 0.717) is 0 Å². The third-order valence-electron chi connectivity index (χ3n) is 6.26. The average Bonchev–Trinajstić information content (AvgIpc) is 3.48. The Morgan fingerprint density at radius 3 is 1.67 bits per heavy atom. The van der Waals surface area contributed by atoms with Gasteiger partial charge in [-0.15, -0.1) is 0 Å². The molecule has 30 heavy (non-hydrogen) atoms. The third-order valence-corrected chi connectivity index (χ3v) is 6.26. The van der Waals surface area contributed by atoms with E-state index in [4.69, 9.17) is 4.74 Å². The van der Waals surface area contributed by atoms with E-state index in [1.165, 1.54) is 11.1 Å². The van der Waals surface area contributed by atoms with Crippen LogP contribution in [0.3, 0.4) is 0 Å². The lowest BCUT2D eigenvalue weighted by Gasteiger charge is -2.34. The van der Waals surface area contributed by atoms with Gasteiger partial charge in [-0.05, 0) is 35.6 Å². The molecule has 2 aliphatic rings. The van der Waals surface area contributed by atoms with Crippen LogP contribution in [0.2, 0.25) is 0 Å². The molecule has 0 aliphatic carbocycles. The van der Waals surface area contributed by atoms with Gasteiger partial charge in [0.25, 0.3) is 0 Å². The highest BCUT2D eigenvalue weighted by atomic mass is 16.5. The summed E-state index contributed by atoms with van der Waals surface area (Å²) in [5, 5.41) is 0. The lowest BCUT2D eigenvalue weighted by Crippen LogP contribution is -2.38. The molecule has 1 saturated heterocycles. The largest absolute Gasteiger partial charge is 0.492 e. The van der Waals surface area contributed by atoms with Gasteiger partial charge in [-0.2, -0.15) is 0 Å². The summed E-state index contributed by atoms with van der Waals surface area (Å²) < 4.78 is 5.89. The van der Waals surface area contributed by atoms with Gasteiger partial charge >= 0.3 is 0 Å². The van der Waals surface area contributed by atoms with Crippen LogP contribution in [0.1, 0.15) is 47.7 Å². The summed E-state index contributed by atoms with van der Waals surface area (Å²) in [5.74, 6) is -0.180. The molecule has 3 nitrogen and oxygen atoms in total. The molecule has 3 heteroatoms. The van der Waals surface area contributed by atoms with Crippen molar-refractivity contribution in [2.45, 2.75) is 31.0 Å². The predicted octanol–water partition coefficient (Wildman–Crippen LogP) is 5.99. The first-order chi connectivity index (χ1) is 14.8. The molecule has 1 amide bonds. The van der Waals surface area contributed by atoms with Gasteiger partial charge in [0.05, 0.1) is 18.3 Å². The molecule has 0 spiro atoms. The maximum Gasteiger partial charge on any atom is 0.234 e. The third kappa shape index (κ3) is 3.41. The molecule has 2 aliphatic heterocycles. The SMILES string of the molecule is O=C([C@H]1C=CO[C@H]1c1ccccc1)N1[C@H](c2ccccc2)CC[C@H]1c1ccccc1. The van der Waals surface area contributed by atoms with E-state index in [0.717, 1.165) is 18.4 Å². The Bertz CT molecular complexity index is 969. The van der Waals surface area contributed by atoms with E-state index in [-0.39, 0.29) is 30.0 Å². The van der Waals surface area contributed by atoms with Crippen molar-refractivity contribution in [1.82, 2.24) is 4.90 Å². The number of hydrogen-bond donors (Lipinski definition) is 0. The summed E-state index contributed by atoms with van der Waals surface area (Å²) in [6.45, 7) is 0. The average molecular weight is 396 g/mol. The zero-order chi connectivity index (χ0) is 20.3. The van der Waals surface area contributed by atoms with Crippen molar-refractivity contribution in [2.75, 3.05) is 0 Å². The van der Waals surface area contributed by atoms with Crippen molar-refractivity contribution in [3.05, 3.63) is 120 Å². The fraction of sp³-hybridized carbons (Fsp3) is 0.222. The first-order valence-corrected chi connectivity index (χ1v) is 10.6. The smallest absolute Gasteiger partial charge is 0.234 e. The minimum atomic E-state index is -0.317. The van der Waals surface area contributed by atoms with Crippen molar-refractivity contribution in [2.24, 2.45) is 5.92 Å². The molecule has 2 heterocycles. The molecule has 0 bridgehead atoms. The molecule has 0 unspecified atom stereocenters. The first kappa shape index (κ1) is 18.7. The van der Waals surface area contributed by atoms with Crippen molar-refractivity contribution in [3.8, 4) is 0 Å². The molecule has 3 aromatic rings. The fourth-order valence-electron chi connectivity index (χ4n) is 4.84. The summed E-state index contributed by atoms with van der Waals surface area (Å²) in [6.07, 6.45) is 5.26. The van der Waals surface area contributed by atoms with Crippen LogP contribution in [0.5, 0.6) is 0 Å². The van der Waals surface area contributed by atoms with E-state index < -0.39 is 0 Å². The number of nitrogens with zero attached hydrogens (tertiary/aromatic N) is 1. The summed E-state index contributed by atoms with van der Waals surface area (Å²) >= 11 is 0. The molecule has 150 valence electrons. The Labute approximate surface area is 177 Å². The lowest BCUT2D eigenvalue weighted by atomic mass is 9.94. The Balaban J connectivity index is 1.51. The molecule has 0 radical (unpaired) electrons. The highest BCUT2D eigenvalue weighted by Crippen LogP contribution is 2.46. The van der Waals surface area contributed by atoms with Gasteiger partial charge < -0.3 is 9.64 Å². The summed E-state index contributed by atoms with van der Waals surface area (Å²) in [4.78, 5) is 16.1. The summed E-state index contributed by atoms with van der Waals surface area (Å²) in [5.41, 5.74) is 3.43. The number of carbonyl (C=O) groups excluding carboxylic acids is 1. The summed E-state index contributed by atoms with van der Waals surface area (Å²) in [6, 6.07) is 31.0. The fourth-order valence-corrected chi connectivity index (χ4v) is 4.84. The van der Waals surface area contributed by atoms with E-state index in [1.807, 2.05) is 48.5 Å². The molecule has 5 rings (SSSR count). The number of ether oxygens (including phenoxy) is 1. The standard InChI is InChI=1S/C27H25NO2/c29-27(23-18-19-30-26(23)22-14-8-3-9-15-22)28-24(20-10-4-1-5-11-20)16-17-25(28)21-12-6-2-7-13-21/h1-15,18-19,23-26H,16-17H2/t23-,24-,25-,26-/m0/s1. The molecular formula is C27H25NO2. The van der Waals surface area contributed by atoms with Crippen LogP contribution in [0.25, 0.3) is 0 Å². The second-order valence-electron chi connectivity index (χ2n) is 8.00. The minimum absolute atomic E-state index is 0.0781. The van der Waals surface area contributed by atoms with Gasteiger partial charge in [-0.3, -0.25) is 4.79 Å². The van der Waals surface area contributed by atoms with Crippen LogP contribution in [0, 0.1) is 5.92 Å². The highest BCUT2D eigenvalue weighted by molar-refractivity contribution is 5.83. The molecule has 3 aromatic carbocycles. The summed E-state index contributed by atoms with van der Waals surface area (Å²) in [7, 11) is 0. The molecule has 0 aromatic heterocycles. The normalized spacial score (nSPS) is 25.3. The van der Waals surface area contributed by atoms with Crippen molar-refractivity contribution >= 4 is 5.91 Å². The second kappa shape index (κ2) is 8.19. The minimum Gasteiger partial charge on any atom is -0.492 e. The maximum absolute atomic E-state index is 14.0. The predicted molar refractivity (Wildman–Crippen MR) is 117 cm³/mol. The number of likely N-dealkylation sites (tertiary alicyclic amines) is 1. The van der Waals surface area contributed by atoms with Crippen LogP contribution in [0.4, 0.5) is 0 Å². The van der Waals surface area contributed by atoms with E-state index >= 15 is 0 Å². The quantitative estimate of drug-likeness (QED) is 0.543. The zero-order valence-electron chi connectivity index (χ0n) is 16.8. The van der Waals surface area contributed by atoms with Crippen molar-refractivity contribution in [3.63, 3.8) is 0 Å². The molecule has 4 atom stereocenters. The number of benzene rings is 3. The number of carbonyl (C=O) groups is 1. The van der Waals surface area contributed by atoms with Gasteiger partial charge in [0.1, 0.15) is 12.0 Å². The Morgan fingerprint density at radius 1 is 0.700 bits per heavy atom. The van der Waals surface area contributed by atoms with Crippen molar-refractivity contribution in [1.29, 1.82) is 0 Å². The van der Waals surface area contributed by atoms with Gasteiger partial charge in [0, 0.05) is 0 Å². The lowest BCUT2D eigenvalue weighted by molar-refractivity contribution is -0.139. The number of amides is 1. The van der Waals surface area contributed by atoms with Crippen LogP contribution < -0.4 is 0 Å². The Morgan fingerprint density at radius 2 is 1.17 bits per heavy atom. The van der Waals surface area contributed by atoms with E-state index in [1.54, 1.807) is 6.26 Å². The van der Waals surface area contributed by atoms with Crippen LogP contribution >= 0.6 is 0 Å². The van der Waals surface area contributed by atoms with Crippen LogP contribution in [-0.4, -0.2) is 10.8 Å². The molecule has 1 fully saturated rings. The first-order valence-electron chi connectivity index (χ1n) is 10.6. The molecular weight excluding hydrogens is 370 g/mol. The van der Waals surface area contributed by atoms with E-state index in [2.05, 4.69) is 53.4 Å². The van der Waals surface area contributed by atoms with Crippen LogP contribution in [0.15, 0.2) is 103 Å². The van der Waals surface area contributed by atoms with Gasteiger partial charge in [0.15, 0.2) is 0 Å². The second-order valence-corrected chi connectivity index (χ2v) is 8.00. The number of rotatable bonds is 4. The Kier molecular flexibility index (Phi) is 5.10. The van der Waals surface area contributed by atoms with E-state index in [9.17, 15) is 4.79 Å². The molecule has 0 saturated carbocycles. The zero-order valence-corrected chi connectivity index (χ0v) is 16.8. The maximum atomic E-state index is 14.0. The molecule has 0 N–H and O–H groups in total. The van der Waals surface area contributed by atoms with Crippen molar-refractivity contribution < 1.29 is 9.53 Å². The Hall–Kier alpha value is -3.33. The van der Waals surface area contributed by atoms with Gasteiger partial charge in [-0.25, -0.2) is 0 Å². The highest BCUT2D eigenvalue weighted by Gasteiger charge is 2.44. The van der Waals surface area contributed by atoms with Gasteiger partial charge in [-0.1, -0.05) is 91.0 Å². The number of hydrogen-bond acceptors (Lipinski definition) is 2. The monoisotopic (exact) mass is 395 g/mol. The van der Waals surface area contributed by atoms with Gasteiger partial charge in [0.2, 0.25) is 5.91 Å². The van der Waals surface area contributed by atoms with Crippen LogP contribution in [-0.2, 0) is 9.53 Å².